The summed E-state index contributed by atoms with van der Waals surface area (Å²) in [6.45, 7) is 7.49. The van der Waals surface area contributed by atoms with E-state index in [9.17, 15) is 9.90 Å². The Balaban J connectivity index is 1.84. The zero-order valence-corrected chi connectivity index (χ0v) is 12.6. The number of benzene rings is 1. The molecule has 4 nitrogen and oxygen atoms in total. The van der Waals surface area contributed by atoms with Gasteiger partial charge in [-0.3, -0.25) is 9.69 Å². The number of nitrogens with zero attached hydrogens (tertiary/aromatic N) is 2. The van der Waals surface area contributed by atoms with Crippen LogP contribution < -0.4 is 0 Å². The highest BCUT2D eigenvalue weighted by Gasteiger charge is 2.34. The first-order chi connectivity index (χ1) is 10.1. The van der Waals surface area contributed by atoms with Gasteiger partial charge in [0.1, 0.15) is 0 Å². The molecule has 1 aliphatic heterocycles. The van der Waals surface area contributed by atoms with E-state index in [4.69, 9.17) is 0 Å². The van der Waals surface area contributed by atoms with E-state index >= 15 is 0 Å². The van der Waals surface area contributed by atoms with Gasteiger partial charge in [0.2, 0.25) is 0 Å². The van der Waals surface area contributed by atoms with E-state index in [1.807, 2.05) is 6.92 Å². The van der Waals surface area contributed by atoms with Crippen molar-refractivity contribution in [3.63, 3.8) is 0 Å². The van der Waals surface area contributed by atoms with Gasteiger partial charge < -0.3 is 9.67 Å². The number of para-hydroxylation sites is 1. The summed E-state index contributed by atoms with van der Waals surface area (Å²) in [7, 11) is 0. The van der Waals surface area contributed by atoms with Crippen molar-refractivity contribution < 1.29 is 9.90 Å². The van der Waals surface area contributed by atoms with Gasteiger partial charge in [0, 0.05) is 43.3 Å². The maximum Gasteiger partial charge on any atom is 0.308 e. The Morgan fingerprint density at radius 2 is 2.10 bits per heavy atom. The molecule has 112 valence electrons. The van der Waals surface area contributed by atoms with Crippen molar-refractivity contribution in [3.05, 3.63) is 36.0 Å². The van der Waals surface area contributed by atoms with E-state index in [2.05, 4.69) is 46.9 Å². The zero-order chi connectivity index (χ0) is 15.0. The van der Waals surface area contributed by atoms with E-state index in [0.29, 0.717) is 6.54 Å². The van der Waals surface area contributed by atoms with Crippen LogP contribution in [0.25, 0.3) is 10.9 Å². The lowest BCUT2D eigenvalue weighted by molar-refractivity contribution is -0.142. The topological polar surface area (TPSA) is 45.5 Å². The second-order valence-electron chi connectivity index (χ2n) is 6.07. The van der Waals surface area contributed by atoms with Crippen molar-refractivity contribution in [1.82, 2.24) is 9.47 Å². The van der Waals surface area contributed by atoms with Gasteiger partial charge in [0.25, 0.3) is 0 Å². The predicted molar refractivity (Wildman–Crippen MR) is 83.2 cm³/mol. The largest absolute Gasteiger partial charge is 0.481 e. The first-order valence-corrected chi connectivity index (χ1v) is 7.62. The quantitative estimate of drug-likeness (QED) is 0.940. The van der Waals surface area contributed by atoms with Crippen LogP contribution in [0.1, 0.15) is 19.4 Å². The Kier molecular flexibility index (Phi) is 3.72. The third-order valence-electron chi connectivity index (χ3n) is 4.61. The molecule has 0 spiro atoms. The number of carboxylic acids is 1. The average Bonchev–Trinajstić information content (AvgIpc) is 3.01. The van der Waals surface area contributed by atoms with Gasteiger partial charge in [-0.05, 0) is 24.5 Å². The summed E-state index contributed by atoms with van der Waals surface area (Å²) in [6, 6.07) is 8.44. The molecular weight excluding hydrogens is 264 g/mol. The molecule has 0 saturated carbocycles. The fourth-order valence-electron chi connectivity index (χ4n) is 3.47. The fourth-order valence-corrected chi connectivity index (χ4v) is 3.47. The molecule has 1 fully saturated rings. The summed E-state index contributed by atoms with van der Waals surface area (Å²) in [5, 5.41) is 10.5. The molecule has 1 aliphatic rings. The number of fused-ring (bicyclic) bond motifs is 1. The molecule has 1 aromatic carbocycles. The minimum absolute atomic E-state index is 0.224. The summed E-state index contributed by atoms with van der Waals surface area (Å²) in [5.74, 6) is -0.674. The Morgan fingerprint density at radius 1 is 1.33 bits per heavy atom. The van der Waals surface area contributed by atoms with Crippen molar-refractivity contribution in [2.75, 3.05) is 13.1 Å². The lowest BCUT2D eigenvalue weighted by atomic mass is 9.99. The summed E-state index contributed by atoms with van der Waals surface area (Å²) in [4.78, 5) is 13.5. The molecule has 0 aliphatic carbocycles. The summed E-state index contributed by atoms with van der Waals surface area (Å²) in [6.07, 6.45) is 2.21. The van der Waals surface area contributed by atoms with Crippen LogP contribution in [-0.2, 0) is 17.9 Å². The molecular formula is C17H22N2O2. The minimum Gasteiger partial charge on any atom is -0.481 e. The summed E-state index contributed by atoms with van der Waals surface area (Å²) in [5.41, 5.74) is 2.56. The highest BCUT2D eigenvalue weighted by Crippen LogP contribution is 2.28. The third-order valence-corrected chi connectivity index (χ3v) is 4.61. The minimum atomic E-state index is -0.666. The van der Waals surface area contributed by atoms with Gasteiger partial charge in [-0.2, -0.15) is 0 Å². The number of rotatable bonds is 4. The molecule has 0 radical (unpaired) electrons. The van der Waals surface area contributed by atoms with Crippen LogP contribution >= 0.6 is 0 Å². The number of carbonyl (C=O) groups is 1. The molecule has 1 N–H and O–H groups in total. The van der Waals surface area contributed by atoms with Crippen LogP contribution in [0.4, 0.5) is 0 Å². The summed E-state index contributed by atoms with van der Waals surface area (Å²) >= 11 is 0. The number of hydrogen-bond donors (Lipinski definition) is 1. The lowest BCUT2D eigenvalue weighted by Gasteiger charge is -2.14. The second-order valence-corrected chi connectivity index (χ2v) is 6.07. The maximum absolute atomic E-state index is 11.2. The Bertz CT molecular complexity index is 662. The average molecular weight is 286 g/mol. The number of carboxylic acid groups (broad SMARTS) is 1. The lowest BCUT2D eigenvalue weighted by Crippen LogP contribution is -2.23. The monoisotopic (exact) mass is 286 g/mol. The van der Waals surface area contributed by atoms with Gasteiger partial charge in [-0.1, -0.05) is 25.1 Å². The zero-order valence-electron chi connectivity index (χ0n) is 12.6. The van der Waals surface area contributed by atoms with E-state index < -0.39 is 5.97 Å². The smallest absolute Gasteiger partial charge is 0.308 e. The number of aromatic nitrogens is 1. The van der Waals surface area contributed by atoms with Crippen molar-refractivity contribution in [3.8, 4) is 0 Å². The molecule has 2 aromatic rings. The molecule has 2 atom stereocenters. The molecule has 1 saturated heterocycles. The van der Waals surface area contributed by atoms with Gasteiger partial charge in [-0.15, -0.1) is 0 Å². The number of likely N-dealkylation sites (tertiary alicyclic amines) is 1. The third kappa shape index (κ3) is 2.56. The van der Waals surface area contributed by atoms with E-state index in [0.717, 1.165) is 19.6 Å². The molecule has 3 rings (SSSR count). The molecule has 4 heteroatoms. The molecule has 1 aromatic heterocycles. The van der Waals surface area contributed by atoms with Crippen molar-refractivity contribution in [2.24, 2.45) is 11.8 Å². The normalized spacial score (nSPS) is 23.0. The summed E-state index contributed by atoms with van der Waals surface area (Å²) < 4.78 is 2.26. The van der Waals surface area contributed by atoms with Gasteiger partial charge in [-0.25, -0.2) is 0 Å². The molecule has 21 heavy (non-hydrogen) atoms. The number of hydrogen-bond acceptors (Lipinski definition) is 2. The highest BCUT2D eigenvalue weighted by molar-refractivity contribution is 5.84. The van der Waals surface area contributed by atoms with Gasteiger partial charge in [0.05, 0.1) is 5.92 Å². The van der Waals surface area contributed by atoms with Gasteiger partial charge >= 0.3 is 5.97 Å². The highest BCUT2D eigenvalue weighted by atomic mass is 16.4. The van der Waals surface area contributed by atoms with Crippen LogP contribution in [0, 0.1) is 11.8 Å². The Hall–Kier alpha value is -1.81. The molecule has 2 heterocycles. The second kappa shape index (κ2) is 5.53. The van der Waals surface area contributed by atoms with E-state index in [1.165, 1.54) is 16.5 Å². The Labute approximate surface area is 125 Å². The van der Waals surface area contributed by atoms with Crippen LogP contribution in [-0.4, -0.2) is 33.6 Å². The van der Waals surface area contributed by atoms with Crippen molar-refractivity contribution in [1.29, 1.82) is 0 Å². The SMILES string of the molecule is CCn1cc(CN2C[C@@H](C)[C@H](C(=O)O)C2)c2ccccc21. The number of aliphatic carboxylic acids is 1. The Morgan fingerprint density at radius 3 is 2.76 bits per heavy atom. The van der Waals surface area contributed by atoms with Crippen molar-refractivity contribution >= 4 is 16.9 Å². The number of aryl methyl sites for hydroxylation is 1. The van der Waals surface area contributed by atoms with E-state index in [-0.39, 0.29) is 11.8 Å². The molecule has 0 amide bonds. The fraction of sp³-hybridized carbons (Fsp3) is 0.471. The van der Waals surface area contributed by atoms with Crippen molar-refractivity contribution in [2.45, 2.75) is 26.9 Å². The van der Waals surface area contributed by atoms with E-state index in [1.54, 1.807) is 0 Å². The van der Waals surface area contributed by atoms with Crippen LogP contribution in [0.15, 0.2) is 30.5 Å². The predicted octanol–water partition coefficient (Wildman–Crippen LogP) is 2.81. The van der Waals surface area contributed by atoms with Crippen LogP contribution in [0.3, 0.4) is 0 Å². The van der Waals surface area contributed by atoms with Crippen LogP contribution in [0.5, 0.6) is 0 Å². The molecule has 0 unspecified atom stereocenters. The first-order valence-electron chi connectivity index (χ1n) is 7.62. The van der Waals surface area contributed by atoms with Gasteiger partial charge in [0.15, 0.2) is 0 Å². The standard InChI is InChI=1S/C17H22N2O2/c1-3-19-10-13(14-6-4-5-7-16(14)19)9-18-8-12(2)15(11-18)17(20)21/h4-7,10,12,15H,3,8-9,11H2,1-2H3,(H,20,21)/t12-,15-/m1/s1. The maximum atomic E-state index is 11.2. The molecule has 0 bridgehead atoms. The first kappa shape index (κ1) is 14.1. The van der Waals surface area contributed by atoms with Crippen LogP contribution in [0.2, 0.25) is 0 Å².